The Morgan fingerprint density at radius 3 is 2.75 bits per heavy atom. The molecule has 0 aliphatic heterocycles. The van der Waals surface area contributed by atoms with Gasteiger partial charge in [-0.25, -0.2) is 0 Å². The summed E-state index contributed by atoms with van der Waals surface area (Å²) in [6.45, 7) is 9.33. The van der Waals surface area contributed by atoms with Gasteiger partial charge in [-0.1, -0.05) is 31.9 Å². The predicted molar refractivity (Wildman–Crippen MR) is 84.4 cm³/mol. The number of benzene rings is 1. The summed E-state index contributed by atoms with van der Waals surface area (Å²) in [6.07, 6.45) is 3.12. The van der Waals surface area contributed by atoms with Crippen molar-refractivity contribution in [1.82, 2.24) is 5.32 Å². The van der Waals surface area contributed by atoms with Crippen molar-refractivity contribution in [2.45, 2.75) is 59.1 Å². The summed E-state index contributed by atoms with van der Waals surface area (Å²) in [5, 5.41) is 13.3. The molecule has 0 fully saturated rings. The van der Waals surface area contributed by atoms with Crippen molar-refractivity contribution in [2.75, 3.05) is 13.2 Å². The molecule has 1 rings (SSSR count). The van der Waals surface area contributed by atoms with Gasteiger partial charge in [0, 0.05) is 12.6 Å². The number of ether oxygens (including phenoxy) is 1. The molecule has 114 valence electrons. The van der Waals surface area contributed by atoms with Crippen LogP contribution in [-0.2, 0) is 0 Å². The van der Waals surface area contributed by atoms with Gasteiger partial charge in [0.1, 0.15) is 18.5 Å². The number of nitrogens with one attached hydrogen (secondary N) is 1. The Balaban J connectivity index is 2.29. The molecule has 0 aliphatic rings. The molecule has 2 N–H and O–H groups in total. The second kappa shape index (κ2) is 8.98. The number of hydrogen-bond donors (Lipinski definition) is 2. The van der Waals surface area contributed by atoms with Crippen LogP contribution < -0.4 is 10.1 Å². The van der Waals surface area contributed by atoms with Crippen molar-refractivity contribution in [3.8, 4) is 5.75 Å². The lowest BCUT2D eigenvalue weighted by Crippen LogP contribution is -2.36. The van der Waals surface area contributed by atoms with Crippen LogP contribution in [0.3, 0.4) is 0 Å². The van der Waals surface area contributed by atoms with Gasteiger partial charge in [0.25, 0.3) is 0 Å². The number of aryl methyl sites for hydroxylation is 2. The van der Waals surface area contributed by atoms with Crippen LogP contribution in [0.4, 0.5) is 0 Å². The third-order valence-corrected chi connectivity index (χ3v) is 3.47. The molecule has 0 aromatic heterocycles. The van der Waals surface area contributed by atoms with Crippen molar-refractivity contribution in [2.24, 2.45) is 0 Å². The quantitative estimate of drug-likeness (QED) is 0.729. The lowest BCUT2D eigenvalue weighted by molar-refractivity contribution is 0.103. The second-order valence-electron chi connectivity index (χ2n) is 5.69. The van der Waals surface area contributed by atoms with Gasteiger partial charge in [-0.15, -0.1) is 0 Å². The van der Waals surface area contributed by atoms with Crippen LogP contribution >= 0.6 is 0 Å². The molecule has 0 spiro atoms. The van der Waals surface area contributed by atoms with Crippen molar-refractivity contribution < 1.29 is 9.84 Å². The van der Waals surface area contributed by atoms with E-state index in [0.29, 0.717) is 19.2 Å². The summed E-state index contributed by atoms with van der Waals surface area (Å²) in [7, 11) is 0. The lowest BCUT2D eigenvalue weighted by atomic mass is 10.1. The maximum absolute atomic E-state index is 9.96. The first-order valence-corrected chi connectivity index (χ1v) is 7.64. The smallest absolute Gasteiger partial charge is 0.122 e. The van der Waals surface area contributed by atoms with Gasteiger partial charge in [-0.3, -0.25) is 0 Å². The first-order chi connectivity index (χ1) is 9.52. The van der Waals surface area contributed by atoms with E-state index in [1.165, 1.54) is 18.4 Å². The monoisotopic (exact) mass is 279 g/mol. The summed E-state index contributed by atoms with van der Waals surface area (Å²) in [6, 6.07) is 6.57. The van der Waals surface area contributed by atoms with E-state index in [1.54, 1.807) is 0 Å². The summed E-state index contributed by atoms with van der Waals surface area (Å²) in [5.41, 5.74) is 2.28. The lowest BCUT2D eigenvalue weighted by Gasteiger charge is -2.18. The van der Waals surface area contributed by atoms with Crippen molar-refractivity contribution in [1.29, 1.82) is 0 Å². The Morgan fingerprint density at radius 2 is 2.05 bits per heavy atom. The van der Waals surface area contributed by atoms with Crippen LogP contribution in [0.25, 0.3) is 0 Å². The molecule has 3 heteroatoms. The highest BCUT2D eigenvalue weighted by Crippen LogP contribution is 2.19. The van der Waals surface area contributed by atoms with Gasteiger partial charge in [0.2, 0.25) is 0 Å². The Hall–Kier alpha value is -1.06. The van der Waals surface area contributed by atoms with Crippen LogP contribution in [0.1, 0.15) is 44.2 Å². The fourth-order valence-corrected chi connectivity index (χ4v) is 2.06. The number of rotatable bonds is 9. The Labute approximate surface area is 123 Å². The summed E-state index contributed by atoms with van der Waals surface area (Å²) in [4.78, 5) is 0. The van der Waals surface area contributed by atoms with Crippen LogP contribution in [0.15, 0.2) is 18.2 Å². The Kier molecular flexibility index (Phi) is 7.63. The molecule has 2 unspecified atom stereocenters. The minimum Gasteiger partial charge on any atom is -0.491 e. The molecule has 0 saturated heterocycles. The molecule has 0 radical (unpaired) electrons. The molecular formula is C17H29NO2. The maximum atomic E-state index is 9.96. The SMILES string of the molecule is CCCCC(C)NCC(O)COc1cc(C)ccc1C. The summed E-state index contributed by atoms with van der Waals surface area (Å²) in [5.74, 6) is 0.864. The van der Waals surface area contributed by atoms with Crippen LogP contribution in [0.2, 0.25) is 0 Å². The highest BCUT2D eigenvalue weighted by atomic mass is 16.5. The summed E-state index contributed by atoms with van der Waals surface area (Å²) >= 11 is 0. The molecule has 20 heavy (non-hydrogen) atoms. The zero-order valence-electron chi connectivity index (χ0n) is 13.3. The zero-order valence-corrected chi connectivity index (χ0v) is 13.3. The fraction of sp³-hybridized carbons (Fsp3) is 0.647. The minimum absolute atomic E-state index is 0.331. The molecule has 0 bridgehead atoms. The van der Waals surface area contributed by atoms with E-state index in [4.69, 9.17) is 4.74 Å². The van der Waals surface area contributed by atoms with Gasteiger partial charge in [-0.2, -0.15) is 0 Å². The van der Waals surface area contributed by atoms with E-state index >= 15 is 0 Å². The molecule has 0 amide bonds. The maximum Gasteiger partial charge on any atom is 0.122 e. The second-order valence-corrected chi connectivity index (χ2v) is 5.69. The first kappa shape index (κ1) is 17.0. The molecule has 0 heterocycles. The molecule has 3 nitrogen and oxygen atoms in total. The normalized spacial score (nSPS) is 14.1. The molecule has 0 aliphatic carbocycles. The van der Waals surface area contributed by atoms with E-state index < -0.39 is 6.10 Å². The number of unbranched alkanes of at least 4 members (excludes halogenated alkanes) is 1. The Morgan fingerprint density at radius 1 is 1.30 bits per heavy atom. The Bertz CT molecular complexity index is 393. The standard InChI is InChI=1S/C17H29NO2/c1-5-6-7-15(4)18-11-16(19)12-20-17-10-13(2)8-9-14(17)3/h8-10,15-16,18-19H,5-7,11-12H2,1-4H3. The van der Waals surface area contributed by atoms with Gasteiger partial charge >= 0.3 is 0 Å². The number of hydrogen-bond acceptors (Lipinski definition) is 3. The van der Waals surface area contributed by atoms with E-state index in [9.17, 15) is 5.11 Å². The molecule has 2 atom stereocenters. The van der Waals surface area contributed by atoms with E-state index in [-0.39, 0.29) is 0 Å². The predicted octanol–water partition coefficient (Wildman–Crippen LogP) is 3.21. The molecule has 1 aromatic rings. The molecular weight excluding hydrogens is 250 g/mol. The van der Waals surface area contributed by atoms with Crippen molar-refractivity contribution in [3.63, 3.8) is 0 Å². The minimum atomic E-state index is -0.473. The zero-order chi connectivity index (χ0) is 15.0. The van der Waals surface area contributed by atoms with Crippen LogP contribution in [0, 0.1) is 13.8 Å². The molecule has 1 aromatic carbocycles. The van der Waals surface area contributed by atoms with Crippen LogP contribution in [0.5, 0.6) is 5.75 Å². The number of aliphatic hydroxyl groups excluding tert-OH is 1. The topological polar surface area (TPSA) is 41.5 Å². The van der Waals surface area contributed by atoms with Gasteiger partial charge in [-0.05, 0) is 44.4 Å². The highest BCUT2D eigenvalue weighted by Gasteiger charge is 2.09. The molecule has 0 saturated carbocycles. The fourth-order valence-electron chi connectivity index (χ4n) is 2.06. The van der Waals surface area contributed by atoms with Crippen molar-refractivity contribution >= 4 is 0 Å². The van der Waals surface area contributed by atoms with E-state index in [2.05, 4.69) is 25.2 Å². The first-order valence-electron chi connectivity index (χ1n) is 7.64. The van der Waals surface area contributed by atoms with E-state index in [1.807, 2.05) is 26.0 Å². The third kappa shape index (κ3) is 6.40. The largest absolute Gasteiger partial charge is 0.491 e. The third-order valence-electron chi connectivity index (χ3n) is 3.47. The van der Waals surface area contributed by atoms with Crippen molar-refractivity contribution in [3.05, 3.63) is 29.3 Å². The highest BCUT2D eigenvalue weighted by molar-refractivity contribution is 5.35. The number of aliphatic hydroxyl groups is 1. The summed E-state index contributed by atoms with van der Waals surface area (Å²) < 4.78 is 5.70. The van der Waals surface area contributed by atoms with Gasteiger partial charge < -0.3 is 15.2 Å². The van der Waals surface area contributed by atoms with E-state index in [0.717, 1.165) is 17.7 Å². The van der Waals surface area contributed by atoms with Gasteiger partial charge in [0.15, 0.2) is 0 Å². The van der Waals surface area contributed by atoms with Gasteiger partial charge in [0.05, 0.1) is 0 Å². The average molecular weight is 279 g/mol. The average Bonchev–Trinajstić information content (AvgIpc) is 2.43. The van der Waals surface area contributed by atoms with Crippen LogP contribution in [-0.4, -0.2) is 30.4 Å².